The van der Waals surface area contributed by atoms with Gasteiger partial charge < -0.3 is 33.8 Å². The van der Waals surface area contributed by atoms with Gasteiger partial charge in [-0.3, -0.25) is 37.3 Å². The lowest BCUT2D eigenvalue weighted by atomic mass is 10.0. The molecule has 17 nitrogen and oxygen atoms in total. The van der Waals surface area contributed by atoms with Crippen molar-refractivity contribution in [2.45, 2.75) is 471 Å². The Balaban J connectivity index is 5.21. The molecule has 0 aromatic carbocycles. The third-order valence-corrected chi connectivity index (χ3v) is 21.9. The van der Waals surface area contributed by atoms with Gasteiger partial charge in [-0.2, -0.15) is 0 Å². The van der Waals surface area contributed by atoms with E-state index < -0.39 is 97.5 Å². The number of aliphatic hydroxyl groups excluding tert-OH is 1. The Labute approximate surface area is 638 Å². The third kappa shape index (κ3) is 78.2. The SMILES string of the molecule is CCCCCCCCCCCCCCCCCCC(=O)O[C@H](COC(=O)CCCCCCCCCCC)COP(=O)(O)OC[C@H](O)COP(=O)(O)OC[C@@H](COC(=O)CCCCCCCCCCCCCCCCCC(C)C)OC(=O)CCCCCCCCCCCCCCCCCCCCC(C)C. The maximum Gasteiger partial charge on any atom is 0.472 e. The van der Waals surface area contributed by atoms with Crippen LogP contribution in [0.1, 0.15) is 452 Å². The molecule has 0 aliphatic rings. The maximum absolute atomic E-state index is 13.1. The lowest BCUT2D eigenvalue weighted by molar-refractivity contribution is -0.161. The van der Waals surface area contributed by atoms with Gasteiger partial charge in [0.25, 0.3) is 0 Å². The lowest BCUT2D eigenvalue weighted by Gasteiger charge is -2.21. The Bertz CT molecular complexity index is 1990. The van der Waals surface area contributed by atoms with Crippen molar-refractivity contribution < 1.29 is 80.2 Å². The summed E-state index contributed by atoms with van der Waals surface area (Å²) in [7, 11) is -9.92. The van der Waals surface area contributed by atoms with Crippen LogP contribution in [-0.2, 0) is 65.4 Å². The minimum atomic E-state index is -4.96. The van der Waals surface area contributed by atoms with Crippen LogP contribution in [0.15, 0.2) is 0 Å². The van der Waals surface area contributed by atoms with Crippen LogP contribution in [0.2, 0.25) is 0 Å². The molecule has 0 heterocycles. The molecule has 0 aliphatic carbocycles. The number of phosphoric acid groups is 2. The normalized spacial score (nSPS) is 13.8. The second-order valence-corrected chi connectivity index (χ2v) is 34.4. The van der Waals surface area contributed by atoms with Crippen LogP contribution in [0.3, 0.4) is 0 Å². The van der Waals surface area contributed by atoms with Crippen molar-refractivity contribution in [3.63, 3.8) is 0 Å². The number of rotatable bonds is 84. The van der Waals surface area contributed by atoms with Gasteiger partial charge >= 0.3 is 39.5 Å². The van der Waals surface area contributed by atoms with Crippen LogP contribution < -0.4 is 0 Å². The summed E-state index contributed by atoms with van der Waals surface area (Å²) in [6, 6.07) is 0. The number of ether oxygens (including phenoxy) is 4. The number of hydrogen-bond donors (Lipinski definition) is 3. The standard InChI is InChI=1S/C85H166O17P2/c1-7-9-11-13-15-17-18-19-20-28-34-39-45-51-57-63-69-84(89)101-80(73-95-82(87)67-61-55-49-41-16-14-12-10-8-2)75-99-103(91,92)97-71-79(86)72-98-104(93,94)100-76-81(74-96-83(88)68-62-56-50-44-38-33-30-25-27-32-37-43-48-54-60-66-78(5)6)102-85(90)70-64-58-52-46-40-35-29-24-22-21-23-26-31-36-42-47-53-59-65-77(3)4/h77-81,86H,7-76H2,1-6H3,(H,91,92)(H,93,94)/t79-,80+,81+/m0/s1. The molecule has 19 heteroatoms. The predicted octanol–water partition coefficient (Wildman–Crippen LogP) is 25.8. The fourth-order valence-corrected chi connectivity index (χ4v) is 14.8. The monoisotopic (exact) mass is 1520 g/mol. The molecule has 0 aromatic heterocycles. The number of phosphoric ester groups is 2. The number of carbonyl (C=O) groups is 4. The third-order valence-electron chi connectivity index (χ3n) is 20.0. The molecule has 5 atom stereocenters. The van der Waals surface area contributed by atoms with E-state index in [-0.39, 0.29) is 25.7 Å². The average Bonchev–Trinajstić information content (AvgIpc) is 0.955. The molecule has 0 aliphatic heterocycles. The molecule has 0 fully saturated rings. The topological polar surface area (TPSA) is 237 Å². The van der Waals surface area contributed by atoms with Gasteiger partial charge in [0.05, 0.1) is 26.4 Å². The number of carbonyl (C=O) groups excluding carboxylic acids is 4. The first-order valence-electron chi connectivity index (χ1n) is 44.0. The Morgan fingerprint density at radius 3 is 0.654 bits per heavy atom. The summed E-state index contributed by atoms with van der Waals surface area (Å²) in [5, 5.41) is 10.7. The zero-order valence-corrected chi connectivity index (χ0v) is 70.1. The highest BCUT2D eigenvalue weighted by Gasteiger charge is 2.30. The molecule has 0 saturated carbocycles. The van der Waals surface area contributed by atoms with Crippen molar-refractivity contribution in [1.29, 1.82) is 0 Å². The van der Waals surface area contributed by atoms with Gasteiger partial charge in [0.2, 0.25) is 0 Å². The van der Waals surface area contributed by atoms with Crippen LogP contribution in [-0.4, -0.2) is 96.7 Å². The molecular formula is C85H166O17P2. The molecule has 0 bridgehead atoms. The van der Waals surface area contributed by atoms with Gasteiger partial charge in [0.1, 0.15) is 19.3 Å². The Kier molecular flexibility index (Phi) is 75.0. The Morgan fingerprint density at radius 2 is 0.442 bits per heavy atom. The van der Waals surface area contributed by atoms with Crippen molar-refractivity contribution in [3.8, 4) is 0 Å². The number of hydrogen-bond acceptors (Lipinski definition) is 15. The number of unbranched alkanes of at least 4 members (excludes halogenated alkanes) is 54. The van der Waals surface area contributed by atoms with Gasteiger partial charge in [-0.25, -0.2) is 9.13 Å². The first-order chi connectivity index (χ1) is 50.4. The fraction of sp³-hybridized carbons (Fsp3) is 0.953. The molecule has 104 heavy (non-hydrogen) atoms. The van der Waals surface area contributed by atoms with E-state index in [2.05, 4.69) is 41.5 Å². The van der Waals surface area contributed by atoms with Crippen molar-refractivity contribution in [1.82, 2.24) is 0 Å². The minimum Gasteiger partial charge on any atom is -0.462 e. The molecule has 618 valence electrons. The molecule has 0 saturated heterocycles. The Morgan fingerprint density at radius 1 is 0.260 bits per heavy atom. The second kappa shape index (κ2) is 76.4. The predicted molar refractivity (Wildman–Crippen MR) is 428 cm³/mol. The fourth-order valence-electron chi connectivity index (χ4n) is 13.2. The van der Waals surface area contributed by atoms with E-state index in [0.29, 0.717) is 25.7 Å². The summed E-state index contributed by atoms with van der Waals surface area (Å²) in [5.74, 6) is -0.477. The van der Waals surface area contributed by atoms with E-state index in [1.165, 1.54) is 270 Å². The zero-order valence-electron chi connectivity index (χ0n) is 68.3. The van der Waals surface area contributed by atoms with Crippen LogP contribution in [0.5, 0.6) is 0 Å². The Hall–Kier alpha value is -1.94. The highest BCUT2D eigenvalue weighted by Crippen LogP contribution is 2.45. The largest absolute Gasteiger partial charge is 0.472 e. The highest BCUT2D eigenvalue weighted by molar-refractivity contribution is 7.47. The molecule has 0 rings (SSSR count). The minimum absolute atomic E-state index is 0.109. The number of esters is 4. The first kappa shape index (κ1) is 102. The van der Waals surface area contributed by atoms with Gasteiger partial charge in [0.15, 0.2) is 12.2 Å². The van der Waals surface area contributed by atoms with E-state index in [9.17, 15) is 43.2 Å². The van der Waals surface area contributed by atoms with Gasteiger partial charge in [-0.1, -0.05) is 401 Å². The molecule has 0 amide bonds. The summed E-state index contributed by atoms with van der Waals surface area (Å²) in [6.45, 7) is 9.72. The molecule has 0 radical (unpaired) electrons. The summed E-state index contributed by atoms with van der Waals surface area (Å²) >= 11 is 0. The maximum atomic E-state index is 13.1. The van der Waals surface area contributed by atoms with Crippen LogP contribution >= 0.6 is 15.6 Å². The lowest BCUT2D eigenvalue weighted by Crippen LogP contribution is -2.30. The van der Waals surface area contributed by atoms with E-state index in [0.717, 1.165) is 102 Å². The summed E-state index contributed by atoms with van der Waals surface area (Å²) < 4.78 is 68.8. The highest BCUT2D eigenvalue weighted by atomic mass is 31.2. The van der Waals surface area contributed by atoms with Crippen molar-refractivity contribution in [2.24, 2.45) is 11.8 Å². The van der Waals surface area contributed by atoms with E-state index in [1.54, 1.807) is 0 Å². The zero-order chi connectivity index (χ0) is 76.4. The van der Waals surface area contributed by atoms with Crippen LogP contribution in [0.4, 0.5) is 0 Å². The smallest absolute Gasteiger partial charge is 0.462 e. The van der Waals surface area contributed by atoms with Gasteiger partial charge in [-0.05, 0) is 37.5 Å². The summed E-state index contributed by atoms with van der Waals surface area (Å²) in [5.41, 5.74) is 0. The van der Waals surface area contributed by atoms with E-state index in [1.807, 2.05) is 0 Å². The molecule has 0 aromatic rings. The quantitative estimate of drug-likeness (QED) is 0.0222. The first-order valence-corrected chi connectivity index (χ1v) is 47.0. The summed E-state index contributed by atoms with van der Waals surface area (Å²) in [6.07, 6.45) is 68.0. The van der Waals surface area contributed by atoms with Crippen LogP contribution in [0, 0.1) is 11.8 Å². The van der Waals surface area contributed by atoms with Crippen LogP contribution in [0.25, 0.3) is 0 Å². The molecule has 0 spiro atoms. The molecular weight excluding hydrogens is 1350 g/mol. The van der Waals surface area contributed by atoms with Crippen molar-refractivity contribution in [3.05, 3.63) is 0 Å². The van der Waals surface area contributed by atoms with Crippen molar-refractivity contribution >= 4 is 39.5 Å². The second-order valence-electron chi connectivity index (χ2n) is 31.5. The molecule has 2 unspecified atom stereocenters. The van der Waals surface area contributed by atoms with E-state index >= 15 is 0 Å². The molecule has 3 N–H and O–H groups in total. The van der Waals surface area contributed by atoms with Crippen molar-refractivity contribution in [2.75, 3.05) is 39.6 Å². The van der Waals surface area contributed by atoms with Gasteiger partial charge in [0, 0.05) is 25.7 Å². The van der Waals surface area contributed by atoms with Gasteiger partial charge in [-0.15, -0.1) is 0 Å². The van der Waals surface area contributed by atoms with E-state index in [4.69, 9.17) is 37.0 Å². The average molecular weight is 1520 g/mol. The number of aliphatic hydroxyl groups is 1. The summed E-state index contributed by atoms with van der Waals surface area (Å²) in [4.78, 5) is 73.1.